The van der Waals surface area contributed by atoms with Gasteiger partial charge in [0.1, 0.15) is 18.8 Å². The second kappa shape index (κ2) is 12.3. The number of methoxy groups -OCH3 is 1. The summed E-state index contributed by atoms with van der Waals surface area (Å²) in [5, 5.41) is 5.09. The Morgan fingerprint density at radius 1 is 0.950 bits per heavy atom. The summed E-state index contributed by atoms with van der Waals surface area (Å²) in [7, 11) is 1.68. The number of likely N-dealkylation sites (tertiary alicyclic amines) is 1. The standard InChI is InChI=1S/C29H36N6O4S/c1-36-25-16-22-23(17-27(25)37-14-13-33-7-3-2-4-8-33)31-19-32-28(22)34-9-11-35(12-10-34)29(40)30-18-21-5-6-24-26(15-21)39-20-38-24/h5-6,15-17,19H,2-4,7-14,18,20H2,1H3,(H,30,40). The SMILES string of the molecule is COc1cc2c(N3CCN(C(=S)NCc4ccc5c(c4)OCO5)CC3)ncnc2cc1OCCN1CCCCC1. The summed E-state index contributed by atoms with van der Waals surface area (Å²) in [4.78, 5) is 16.2. The summed E-state index contributed by atoms with van der Waals surface area (Å²) in [5.41, 5.74) is 1.95. The molecule has 1 N–H and O–H groups in total. The van der Waals surface area contributed by atoms with Crippen molar-refractivity contribution in [2.75, 3.05) is 71.2 Å². The van der Waals surface area contributed by atoms with Gasteiger partial charge in [0.15, 0.2) is 28.1 Å². The van der Waals surface area contributed by atoms with Crippen LogP contribution in [-0.2, 0) is 6.54 Å². The molecule has 3 aliphatic heterocycles. The lowest BCUT2D eigenvalue weighted by Crippen LogP contribution is -2.51. The van der Waals surface area contributed by atoms with Gasteiger partial charge in [-0.3, -0.25) is 4.90 Å². The first-order valence-corrected chi connectivity index (χ1v) is 14.4. The van der Waals surface area contributed by atoms with Gasteiger partial charge in [-0.25, -0.2) is 9.97 Å². The number of hydrogen-bond donors (Lipinski definition) is 1. The zero-order chi connectivity index (χ0) is 27.3. The van der Waals surface area contributed by atoms with Crippen molar-refractivity contribution < 1.29 is 18.9 Å². The predicted octanol–water partition coefficient (Wildman–Crippen LogP) is 3.43. The number of aromatic nitrogens is 2. The highest BCUT2D eigenvalue weighted by Crippen LogP contribution is 2.35. The number of hydrogen-bond acceptors (Lipinski definition) is 9. The fraction of sp³-hybridized carbons (Fsp3) is 0.483. The van der Waals surface area contributed by atoms with Crippen molar-refractivity contribution in [1.82, 2.24) is 25.1 Å². The Morgan fingerprint density at radius 2 is 1.77 bits per heavy atom. The molecular weight excluding hydrogens is 528 g/mol. The molecule has 0 saturated carbocycles. The van der Waals surface area contributed by atoms with Crippen LogP contribution in [0.1, 0.15) is 24.8 Å². The van der Waals surface area contributed by atoms with Gasteiger partial charge in [0.05, 0.1) is 12.6 Å². The van der Waals surface area contributed by atoms with E-state index in [1.54, 1.807) is 13.4 Å². The molecule has 2 aromatic carbocycles. The van der Waals surface area contributed by atoms with Crippen molar-refractivity contribution in [3.63, 3.8) is 0 Å². The summed E-state index contributed by atoms with van der Waals surface area (Å²) < 4.78 is 22.8. The number of piperazine rings is 1. The predicted molar refractivity (Wildman–Crippen MR) is 158 cm³/mol. The monoisotopic (exact) mass is 564 g/mol. The van der Waals surface area contributed by atoms with E-state index in [0.717, 1.165) is 90.5 Å². The normalized spacial score (nSPS) is 17.2. The lowest BCUT2D eigenvalue weighted by Gasteiger charge is -2.37. The van der Waals surface area contributed by atoms with Crippen LogP contribution in [0.15, 0.2) is 36.7 Å². The number of nitrogens with zero attached hydrogens (tertiary/aromatic N) is 5. The van der Waals surface area contributed by atoms with Gasteiger partial charge in [-0.05, 0) is 61.9 Å². The molecule has 2 saturated heterocycles. The second-order valence-electron chi connectivity index (χ2n) is 10.3. The van der Waals surface area contributed by atoms with Gasteiger partial charge in [0.2, 0.25) is 6.79 Å². The Balaban J connectivity index is 1.06. The molecule has 3 aromatic rings. The molecule has 2 fully saturated rings. The third kappa shape index (κ3) is 5.95. The number of thiocarbonyl (C=S) groups is 1. The van der Waals surface area contributed by atoms with E-state index in [2.05, 4.69) is 30.0 Å². The molecule has 11 heteroatoms. The zero-order valence-electron chi connectivity index (χ0n) is 22.9. The summed E-state index contributed by atoms with van der Waals surface area (Å²) in [6.45, 7) is 7.97. The summed E-state index contributed by atoms with van der Waals surface area (Å²) in [6, 6.07) is 9.94. The Morgan fingerprint density at radius 3 is 2.60 bits per heavy atom. The van der Waals surface area contributed by atoms with Crippen LogP contribution in [0, 0.1) is 0 Å². The Hall–Kier alpha value is -3.57. The van der Waals surface area contributed by atoms with E-state index in [9.17, 15) is 0 Å². The van der Waals surface area contributed by atoms with Gasteiger partial charge in [-0.15, -0.1) is 0 Å². The topological polar surface area (TPSA) is 84.5 Å². The molecule has 0 atom stereocenters. The highest BCUT2D eigenvalue weighted by Gasteiger charge is 2.23. The van der Waals surface area contributed by atoms with Crippen molar-refractivity contribution in [3.8, 4) is 23.0 Å². The molecule has 3 aliphatic rings. The number of ether oxygens (including phenoxy) is 4. The molecule has 1 aromatic heterocycles. The number of fused-ring (bicyclic) bond motifs is 2. The van der Waals surface area contributed by atoms with E-state index in [-0.39, 0.29) is 6.79 Å². The van der Waals surface area contributed by atoms with Crippen LogP contribution >= 0.6 is 12.2 Å². The molecule has 0 amide bonds. The highest BCUT2D eigenvalue weighted by atomic mass is 32.1. The molecule has 4 heterocycles. The molecule has 10 nitrogen and oxygen atoms in total. The first-order valence-electron chi connectivity index (χ1n) is 14.0. The van der Waals surface area contributed by atoms with Gasteiger partial charge in [-0.1, -0.05) is 12.5 Å². The Bertz CT molecular complexity index is 1340. The van der Waals surface area contributed by atoms with Gasteiger partial charge in [0.25, 0.3) is 0 Å². The first kappa shape index (κ1) is 26.6. The number of benzene rings is 2. The number of piperidine rings is 1. The maximum atomic E-state index is 6.16. The molecular formula is C29H36N6O4S. The van der Waals surface area contributed by atoms with Crippen molar-refractivity contribution in [1.29, 1.82) is 0 Å². The maximum Gasteiger partial charge on any atom is 0.231 e. The maximum absolute atomic E-state index is 6.16. The molecule has 40 heavy (non-hydrogen) atoms. The minimum absolute atomic E-state index is 0.275. The fourth-order valence-corrected chi connectivity index (χ4v) is 5.76. The molecule has 212 valence electrons. The molecule has 0 unspecified atom stereocenters. The van der Waals surface area contributed by atoms with Crippen LogP contribution in [-0.4, -0.2) is 91.2 Å². The van der Waals surface area contributed by atoms with E-state index in [1.165, 1.54) is 19.3 Å². The lowest BCUT2D eigenvalue weighted by atomic mass is 10.1. The Labute approximate surface area is 240 Å². The minimum Gasteiger partial charge on any atom is -0.493 e. The summed E-state index contributed by atoms with van der Waals surface area (Å²) in [5.74, 6) is 3.90. The summed E-state index contributed by atoms with van der Waals surface area (Å²) in [6.07, 6.45) is 5.51. The van der Waals surface area contributed by atoms with Gasteiger partial charge in [-0.2, -0.15) is 0 Å². The van der Waals surface area contributed by atoms with Crippen LogP contribution in [0.4, 0.5) is 5.82 Å². The van der Waals surface area contributed by atoms with Crippen LogP contribution in [0.25, 0.3) is 10.9 Å². The van der Waals surface area contributed by atoms with Gasteiger partial charge < -0.3 is 34.1 Å². The van der Waals surface area contributed by atoms with Crippen molar-refractivity contribution in [2.45, 2.75) is 25.8 Å². The quantitative estimate of drug-likeness (QED) is 0.409. The molecule has 0 radical (unpaired) electrons. The van der Waals surface area contributed by atoms with Crippen molar-refractivity contribution >= 4 is 34.1 Å². The molecule has 0 bridgehead atoms. The third-order valence-corrected chi connectivity index (χ3v) is 8.16. The van der Waals surface area contributed by atoms with Crippen LogP contribution in [0.5, 0.6) is 23.0 Å². The van der Waals surface area contributed by atoms with Crippen molar-refractivity contribution in [3.05, 3.63) is 42.2 Å². The number of rotatable bonds is 8. The lowest BCUT2D eigenvalue weighted by molar-refractivity contribution is 0.174. The third-order valence-electron chi connectivity index (χ3n) is 7.76. The van der Waals surface area contributed by atoms with Crippen LogP contribution in [0.2, 0.25) is 0 Å². The van der Waals surface area contributed by atoms with E-state index in [4.69, 9.17) is 31.2 Å². The smallest absolute Gasteiger partial charge is 0.231 e. The van der Waals surface area contributed by atoms with Gasteiger partial charge in [0, 0.05) is 50.7 Å². The average Bonchev–Trinajstić information content (AvgIpc) is 3.48. The van der Waals surface area contributed by atoms with E-state index >= 15 is 0 Å². The zero-order valence-corrected chi connectivity index (χ0v) is 23.8. The van der Waals surface area contributed by atoms with Crippen LogP contribution < -0.4 is 29.2 Å². The van der Waals surface area contributed by atoms with E-state index in [1.807, 2.05) is 30.3 Å². The highest BCUT2D eigenvalue weighted by molar-refractivity contribution is 7.80. The van der Waals surface area contributed by atoms with E-state index < -0.39 is 0 Å². The Kier molecular flexibility index (Phi) is 8.19. The molecule has 0 spiro atoms. The minimum atomic E-state index is 0.275. The second-order valence-corrected chi connectivity index (χ2v) is 10.7. The van der Waals surface area contributed by atoms with Crippen molar-refractivity contribution in [2.24, 2.45) is 0 Å². The van der Waals surface area contributed by atoms with Gasteiger partial charge >= 0.3 is 0 Å². The summed E-state index contributed by atoms with van der Waals surface area (Å²) >= 11 is 5.71. The van der Waals surface area contributed by atoms with Crippen LogP contribution in [0.3, 0.4) is 0 Å². The fourth-order valence-electron chi connectivity index (χ4n) is 5.50. The number of nitrogens with one attached hydrogen (secondary N) is 1. The molecule has 6 rings (SSSR count). The first-order chi connectivity index (χ1) is 19.7. The van der Waals surface area contributed by atoms with E-state index in [0.29, 0.717) is 18.9 Å². The molecule has 0 aliphatic carbocycles. The number of anilines is 1. The largest absolute Gasteiger partial charge is 0.493 e. The average molecular weight is 565 g/mol.